The Labute approximate surface area is 231 Å². The summed E-state index contributed by atoms with van der Waals surface area (Å²) in [5.41, 5.74) is 3.43. The van der Waals surface area contributed by atoms with Gasteiger partial charge in [-0.15, -0.1) is 11.6 Å². The maximum Gasteiger partial charge on any atom is 0.355 e. The number of esters is 2. The average molecular weight is 549 g/mol. The molecule has 3 aromatic carbocycles. The van der Waals surface area contributed by atoms with E-state index < -0.39 is 36.2 Å². The van der Waals surface area contributed by atoms with Crippen LogP contribution in [-0.4, -0.2) is 49.7 Å². The molecule has 1 aliphatic heterocycles. The van der Waals surface area contributed by atoms with E-state index in [4.69, 9.17) is 25.8 Å². The number of carbonyl (C=O) groups is 3. The highest BCUT2D eigenvalue weighted by atomic mass is 35.5. The molecule has 0 bridgehead atoms. The second-order valence-corrected chi connectivity index (χ2v) is 9.20. The molecule has 202 valence electrons. The highest BCUT2D eigenvalue weighted by Crippen LogP contribution is 2.28. The Kier molecular flexibility index (Phi) is 9.35. The molecule has 4 rings (SSSR count). The Morgan fingerprint density at radius 3 is 2.10 bits per heavy atom. The first-order valence-corrected chi connectivity index (χ1v) is 12.9. The monoisotopic (exact) mass is 548 g/mol. The normalized spacial score (nSPS) is 15.7. The van der Waals surface area contributed by atoms with Crippen molar-refractivity contribution in [2.24, 2.45) is 0 Å². The minimum absolute atomic E-state index is 0.00981. The molecule has 3 aromatic rings. The maximum absolute atomic E-state index is 13.5. The third-order valence-electron chi connectivity index (χ3n) is 6.23. The smallest absolute Gasteiger partial charge is 0.355 e. The quantitative estimate of drug-likeness (QED) is 0.307. The first-order valence-electron chi connectivity index (χ1n) is 12.3. The number of amides is 1. The van der Waals surface area contributed by atoms with Gasteiger partial charge in [0.25, 0.3) is 5.91 Å². The lowest BCUT2D eigenvalue weighted by Crippen LogP contribution is -2.58. The Morgan fingerprint density at radius 1 is 0.974 bits per heavy atom. The van der Waals surface area contributed by atoms with E-state index in [0.29, 0.717) is 11.1 Å². The summed E-state index contributed by atoms with van der Waals surface area (Å²) < 4.78 is 16.7. The van der Waals surface area contributed by atoms with Gasteiger partial charge in [-0.2, -0.15) is 0 Å². The number of hydrogen-bond acceptors (Lipinski definition) is 7. The van der Waals surface area contributed by atoms with E-state index in [1.807, 2.05) is 67.6 Å². The molecule has 0 aromatic heterocycles. The largest absolute Gasteiger partial charge is 0.467 e. The van der Waals surface area contributed by atoms with E-state index in [1.165, 1.54) is 7.11 Å². The Hall–Kier alpha value is -4.14. The average Bonchev–Trinajstić information content (AvgIpc) is 2.99. The van der Waals surface area contributed by atoms with Gasteiger partial charge >= 0.3 is 11.9 Å². The lowest BCUT2D eigenvalue weighted by Gasteiger charge is -2.33. The van der Waals surface area contributed by atoms with Crippen molar-refractivity contribution in [2.45, 2.75) is 25.3 Å². The van der Waals surface area contributed by atoms with E-state index in [9.17, 15) is 14.4 Å². The molecule has 0 fully saturated rings. The molecular weight excluding hydrogens is 520 g/mol. The molecule has 0 radical (unpaired) electrons. The summed E-state index contributed by atoms with van der Waals surface area (Å²) in [7, 11) is 1.20. The van der Waals surface area contributed by atoms with E-state index >= 15 is 0 Å². The molecule has 0 saturated heterocycles. The first kappa shape index (κ1) is 27.9. The minimum atomic E-state index is -1.26. The lowest BCUT2D eigenvalue weighted by atomic mass is 10.0. The SMILES string of the molecule is COC(=O)[C@@H](NC(=O)c1ccc(C)cc1)[C@@H]1NC(C(=O)OC(c2ccccc2)c2ccccc2)=C(CCl)CO1. The van der Waals surface area contributed by atoms with Gasteiger partial charge in [0, 0.05) is 17.0 Å². The first-order chi connectivity index (χ1) is 18.9. The predicted molar refractivity (Wildman–Crippen MR) is 146 cm³/mol. The molecule has 1 heterocycles. The molecule has 0 spiro atoms. The summed E-state index contributed by atoms with van der Waals surface area (Å²) in [5, 5.41) is 5.58. The second kappa shape index (κ2) is 13.1. The number of alkyl halides is 1. The lowest BCUT2D eigenvalue weighted by molar-refractivity contribution is -0.150. The van der Waals surface area contributed by atoms with Crippen molar-refractivity contribution in [1.82, 2.24) is 10.6 Å². The van der Waals surface area contributed by atoms with Gasteiger partial charge in [0.2, 0.25) is 0 Å². The third kappa shape index (κ3) is 6.85. The highest BCUT2D eigenvalue weighted by molar-refractivity contribution is 6.20. The molecule has 2 atom stereocenters. The van der Waals surface area contributed by atoms with Crippen LogP contribution in [0.4, 0.5) is 0 Å². The molecule has 0 saturated carbocycles. The van der Waals surface area contributed by atoms with Crippen LogP contribution in [0, 0.1) is 6.92 Å². The van der Waals surface area contributed by atoms with E-state index in [2.05, 4.69) is 10.6 Å². The summed E-state index contributed by atoms with van der Waals surface area (Å²) in [6.07, 6.45) is -1.81. The van der Waals surface area contributed by atoms with Crippen LogP contribution >= 0.6 is 11.6 Å². The topological polar surface area (TPSA) is 103 Å². The number of methoxy groups -OCH3 is 1. The van der Waals surface area contributed by atoms with Gasteiger partial charge in [0.05, 0.1) is 13.7 Å². The molecular formula is C30H29ClN2O6. The summed E-state index contributed by atoms with van der Waals surface area (Å²) in [6.45, 7) is 1.85. The van der Waals surface area contributed by atoms with Crippen LogP contribution in [0.1, 0.15) is 33.2 Å². The zero-order valence-corrected chi connectivity index (χ0v) is 22.3. The van der Waals surface area contributed by atoms with Crippen LogP contribution in [-0.2, 0) is 23.8 Å². The summed E-state index contributed by atoms with van der Waals surface area (Å²) in [4.78, 5) is 39.1. The van der Waals surface area contributed by atoms with Crippen molar-refractivity contribution >= 4 is 29.4 Å². The predicted octanol–water partition coefficient (Wildman–Crippen LogP) is 4.04. The van der Waals surface area contributed by atoms with Crippen molar-refractivity contribution in [3.05, 3.63) is 118 Å². The molecule has 8 nitrogen and oxygen atoms in total. The zero-order valence-electron chi connectivity index (χ0n) is 21.6. The Bertz CT molecular complexity index is 1290. The number of rotatable bonds is 9. The number of hydrogen-bond donors (Lipinski definition) is 2. The van der Waals surface area contributed by atoms with Crippen LogP contribution in [0.15, 0.2) is 96.2 Å². The third-order valence-corrected chi connectivity index (χ3v) is 6.55. The fourth-order valence-electron chi connectivity index (χ4n) is 4.10. The Balaban J connectivity index is 1.57. The van der Waals surface area contributed by atoms with E-state index in [1.54, 1.807) is 24.3 Å². The van der Waals surface area contributed by atoms with Crippen molar-refractivity contribution in [2.75, 3.05) is 19.6 Å². The molecule has 1 aliphatic rings. The van der Waals surface area contributed by atoms with Crippen LogP contribution in [0.3, 0.4) is 0 Å². The number of benzene rings is 3. The van der Waals surface area contributed by atoms with Gasteiger partial charge < -0.3 is 24.8 Å². The molecule has 0 aliphatic carbocycles. The van der Waals surface area contributed by atoms with Crippen LogP contribution in [0.25, 0.3) is 0 Å². The fraction of sp³-hybridized carbons (Fsp3) is 0.233. The summed E-state index contributed by atoms with van der Waals surface area (Å²) >= 11 is 6.14. The van der Waals surface area contributed by atoms with Gasteiger partial charge in [-0.3, -0.25) is 4.79 Å². The molecule has 9 heteroatoms. The fourth-order valence-corrected chi connectivity index (χ4v) is 4.31. The van der Waals surface area contributed by atoms with Crippen LogP contribution in [0.5, 0.6) is 0 Å². The second-order valence-electron chi connectivity index (χ2n) is 8.94. The van der Waals surface area contributed by atoms with Crippen molar-refractivity contribution in [1.29, 1.82) is 0 Å². The molecule has 0 unspecified atom stereocenters. The van der Waals surface area contributed by atoms with Gasteiger partial charge in [-0.25, -0.2) is 9.59 Å². The summed E-state index contributed by atoms with van der Waals surface area (Å²) in [6, 6.07) is 24.3. The number of carbonyl (C=O) groups excluding carboxylic acids is 3. The van der Waals surface area contributed by atoms with Crippen molar-refractivity contribution in [3.63, 3.8) is 0 Å². The van der Waals surface area contributed by atoms with Gasteiger partial charge in [-0.1, -0.05) is 78.4 Å². The van der Waals surface area contributed by atoms with Gasteiger partial charge in [0.15, 0.2) is 18.4 Å². The van der Waals surface area contributed by atoms with E-state index in [-0.39, 0.29) is 18.2 Å². The van der Waals surface area contributed by atoms with Gasteiger partial charge in [-0.05, 0) is 30.2 Å². The zero-order chi connectivity index (χ0) is 27.8. The maximum atomic E-state index is 13.5. The standard InChI is InChI=1S/C30H29ClN2O6/c1-19-13-15-22(16-14-19)27(34)32-25(29(35)37-2)28-33-24(23(17-31)18-38-28)30(36)39-26(20-9-5-3-6-10-20)21-11-7-4-8-12-21/h3-16,25-26,28,33H,17-18H2,1-2H3,(H,32,34)/t25-,28+/m0/s1. The number of nitrogens with one attached hydrogen (secondary N) is 2. The number of halogens is 1. The highest BCUT2D eigenvalue weighted by Gasteiger charge is 2.37. The van der Waals surface area contributed by atoms with E-state index in [0.717, 1.165) is 16.7 Å². The molecule has 2 N–H and O–H groups in total. The summed E-state index contributed by atoms with van der Waals surface area (Å²) in [5.74, 6) is -1.93. The molecule has 39 heavy (non-hydrogen) atoms. The van der Waals surface area contributed by atoms with Crippen molar-refractivity contribution < 1.29 is 28.6 Å². The van der Waals surface area contributed by atoms with Crippen molar-refractivity contribution in [3.8, 4) is 0 Å². The van der Waals surface area contributed by atoms with Crippen LogP contribution in [0.2, 0.25) is 0 Å². The Morgan fingerprint density at radius 2 is 1.56 bits per heavy atom. The van der Waals surface area contributed by atoms with Crippen LogP contribution < -0.4 is 10.6 Å². The minimum Gasteiger partial charge on any atom is -0.467 e. The molecule has 1 amide bonds. The number of aryl methyl sites for hydroxylation is 1. The van der Waals surface area contributed by atoms with Gasteiger partial charge in [0.1, 0.15) is 5.70 Å². The number of ether oxygens (including phenoxy) is 3.